The van der Waals surface area contributed by atoms with Crippen LogP contribution in [-0.2, 0) is 32.6 Å². The molecule has 0 unspecified atom stereocenters. The van der Waals surface area contributed by atoms with E-state index in [1.165, 1.54) is 17.0 Å². The summed E-state index contributed by atoms with van der Waals surface area (Å²) in [6.07, 6.45) is 5.05. The highest BCUT2D eigenvalue weighted by Crippen LogP contribution is 2.30. The van der Waals surface area contributed by atoms with Gasteiger partial charge >= 0.3 is 0 Å². The number of hydrogen-bond acceptors (Lipinski definition) is 4. The molecule has 1 N–H and O–H groups in total. The van der Waals surface area contributed by atoms with Crippen LogP contribution in [0.3, 0.4) is 0 Å². The van der Waals surface area contributed by atoms with Crippen molar-refractivity contribution in [1.82, 2.24) is 10.2 Å². The molecule has 4 aromatic carbocycles. The van der Waals surface area contributed by atoms with E-state index in [2.05, 4.69) is 5.32 Å². The summed E-state index contributed by atoms with van der Waals surface area (Å²) in [5, 5.41) is 4.26. The normalized spacial score (nSPS) is 14.3. The van der Waals surface area contributed by atoms with E-state index in [1.54, 1.807) is 60.7 Å². The summed E-state index contributed by atoms with van der Waals surface area (Å²) in [6.45, 7) is -0.713. The first-order valence-electron chi connectivity index (χ1n) is 15.5. The number of anilines is 1. The highest BCUT2D eigenvalue weighted by molar-refractivity contribution is 7.92. The Hall–Kier alpha value is -3.56. The number of benzene rings is 4. The molecule has 0 bridgehead atoms. The van der Waals surface area contributed by atoms with E-state index in [-0.39, 0.29) is 35.5 Å². The number of carbonyl (C=O) groups is 2. The van der Waals surface area contributed by atoms with Gasteiger partial charge < -0.3 is 10.2 Å². The van der Waals surface area contributed by atoms with Crippen molar-refractivity contribution in [3.05, 3.63) is 129 Å². The second-order valence-electron chi connectivity index (χ2n) is 11.6. The van der Waals surface area contributed by atoms with E-state index in [4.69, 9.17) is 34.8 Å². The van der Waals surface area contributed by atoms with Crippen LogP contribution in [0.25, 0.3) is 0 Å². The molecule has 0 heterocycles. The molecule has 1 atom stereocenters. The average molecular weight is 713 g/mol. The van der Waals surface area contributed by atoms with Crippen LogP contribution in [0.1, 0.15) is 43.2 Å². The molecule has 7 nitrogen and oxygen atoms in total. The van der Waals surface area contributed by atoms with E-state index >= 15 is 0 Å². The van der Waals surface area contributed by atoms with Crippen molar-refractivity contribution in [1.29, 1.82) is 0 Å². The Morgan fingerprint density at radius 3 is 1.98 bits per heavy atom. The molecule has 4 aromatic rings. The smallest absolute Gasteiger partial charge is 0.264 e. The number of nitrogens with zero attached hydrogens (tertiary/aromatic N) is 2. The number of amides is 2. The molecule has 0 saturated heterocycles. The second kappa shape index (κ2) is 16.0. The number of halogens is 3. The van der Waals surface area contributed by atoms with Gasteiger partial charge in [-0.25, -0.2) is 8.42 Å². The van der Waals surface area contributed by atoms with Crippen LogP contribution in [0.4, 0.5) is 5.69 Å². The van der Waals surface area contributed by atoms with Crippen molar-refractivity contribution >= 4 is 62.3 Å². The van der Waals surface area contributed by atoms with Gasteiger partial charge in [-0.15, -0.1) is 0 Å². The Balaban J connectivity index is 1.58. The van der Waals surface area contributed by atoms with Gasteiger partial charge in [0.1, 0.15) is 12.6 Å². The van der Waals surface area contributed by atoms with Gasteiger partial charge in [0, 0.05) is 39.6 Å². The first kappa shape index (κ1) is 34.8. The van der Waals surface area contributed by atoms with Crippen molar-refractivity contribution in [2.45, 2.75) is 62.0 Å². The number of rotatable bonds is 12. The van der Waals surface area contributed by atoms with Gasteiger partial charge in [-0.1, -0.05) is 109 Å². The van der Waals surface area contributed by atoms with Crippen LogP contribution >= 0.6 is 34.8 Å². The second-order valence-corrected chi connectivity index (χ2v) is 14.7. The quantitative estimate of drug-likeness (QED) is 0.162. The molecule has 2 amide bonds. The van der Waals surface area contributed by atoms with Crippen LogP contribution in [0, 0.1) is 0 Å². The van der Waals surface area contributed by atoms with E-state index in [9.17, 15) is 18.0 Å². The van der Waals surface area contributed by atoms with E-state index < -0.39 is 28.5 Å². The third kappa shape index (κ3) is 8.87. The van der Waals surface area contributed by atoms with Crippen LogP contribution in [-0.4, -0.2) is 43.8 Å². The summed E-state index contributed by atoms with van der Waals surface area (Å²) in [6, 6.07) is 27.5. The SMILES string of the molecule is O=C(NC1CCCCC1)[C@H](Cc1ccccc1)N(Cc1c(Cl)cccc1Cl)C(=O)CN(c1ccc(Cl)cc1)S(=O)(=O)c1ccccc1. The van der Waals surface area contributed by atoms with Gasteiger partial charge in [-0.3, -0.25) is 13.9 Å². The lowest BCUT2D eigenvalue weighted by Crippen LogP contribution is -2.55. The van der Waals surface area contributed by atoms with Gasteiger partial charge in [0.2, 0.25) is 11.8 Å². The van der Waals surface area contributed by atoms with Crippen LogP contribution < -0.4 is 9.62 Å². The molecule has 1 fully saturated rings. The topological polar surface area (TPSA) is 86.8 Å². The Bertz CT molecular complexity index is 1750. The first-order chi connectivity index (χ1) is 22.6. The molecule has 1 aliphatic rings. The zero-order valence-corrected chi connectivity index (χ0v) is 28.8. The van der Waals surface area contributed by atoms with E-state index in [0.717, 1.165) is 42.0 Å². The lowest BCUT2D eigenvalue weighted by atomic mass is 9.94. The van der Waals surface area contributed by atoms with E-state index in [1.807, 2.05) is 30.3 Å². The Kier molecular flexibility index (Phi) is 11.9. The summed E-state index contributed by atoms with van der Waals surface area (Å²) in [5.74, 6) is -0.920. The molecule has 0 radical (unpaired) electrons. The maximum Gasteiger partial charge on any atom is 0.264 e. The van der Waals surface area contributed by atoms with E-state index in [0.29, 0.717) is 20.6 Å². The summed E-state index contributed by atoms with van der Waals surface area (Å²) in [7, 11) is -4.22. The fourth-order valence-electron chi connectivity index (χ4n) is 5.81. The minimum atomic E-state index is -4.22. The lowest BCUT2D eigenvalue weighted by Gasteiger charge is -2.35. The summed E-state index contributed by atoms with van der Waals surface area (Å²) in [5.41, 5.74) is 1.54. The first-order valence-corrected chi connectivity index (χ1v) is 18.1. The highest BCUT2D eigenvalue weighted by Gasteiger charge is 2.36. The van der Waals surface area contributed by atoms with Crippen molar-refractivity contribution < 1.29 is 18.0 Å². The largest absolute Gasteiger partial charge is 0.352 e. The maximum absolute atomic E-state index is 14.7. The monoisotopic (exact) mass is 711 g/mol. The maximum atomic E-state index is 14.7. The molecular weight excluding hydrogens is 677 g/mol. The van der Waals surface area contributed by atoms with Crippen molar-refractivity contribution in [3.63, 3.8) is 0 Å². The summed E-state index contributed by atoms with van der Waals surface area (Å²) in [4.78, 5) is 30.3. The Labute approximate surface area is 291 Å². The lowest BCUT2D eigenvalue weighted by molar-refractivity contribution is -0.140. The van der Waals surface area contributed by atoms with Crippen LogP contribution in [0.5, 0.6) is 0 Å². The predicted octanol–water partition coefficient (Wildman–Crippen LogP) is 7.93. The van der Waals surface area contributed by atoms with Gasteiger partial charge in [0.25, 0.3) is 10.0 Å². The molecule has 246 valence electrons. The Morgan fingerprint density at radius 2 is 1.36 bits per heavy atom. The summed E-state index contributed by atoms with van der Waals surface area (Å²) < 4.78 is 29.2. The molecule has 11 heteroatoms. The number of hydrogen-bond donors (Lipinski definition) is 1. The van der Waals surface area contributed by atoms with Gasteiger partial charge in [0.05, 0.1) is 10.6 Å². The molecule has 1 saturated carbocycles. The van der Waals surface area contributed by atoms with Crippen molar-refractivity contribution in [2.24, 2.45) is 0 Å². The average Bonchev–Trinajstić information content (AvgIpc) is 3.08. The molecule has 0 aromatic heterocycles. The minimum Gasteiger partial charge on any atom is -0.352 e. The highest BCUT2D eigenvalue weighted by atomic mass is 35.5. The fourth-order valence-corrected chi connectivity index (χ4v) is 7.89. The number of sulfonamides is 1. The third-order valence-corrected chi connectivity index (χ3v) is 11.1. The molecule has 5 rings (SSSR count). The van der Waals surface area contributed by atoms with Gasteiger partial charge in [-0.2, -0.15) is 0 Å². The molecule has 1 aliphatic carbocycles. The van der Waals surface area contributed by atoms with Crippen LogP contribution in [0.15, 0.2) is 108 Å². The van der Waals surface area contributed by atoms with Crippen molar-refractivity contribution in [2.75, 3.05) is 10.8 Å². The number of nitrogens with one attached hydrogen (secondary N) is 1. The molecule has 0 spiro atoms. The zero-order chi connectivity index (χ0) is 33.4. The Morgan fingerprint density at radius 1 is 0.766 bits per heavy atom. The van der Waals surface area contributed by atoms with Gasteiger partial charge in [0.15, 0.2) is 0 Å². The zero-order valence-electron chi connectivity index (χ0n) is 25.7. The summed E-state index contributed by atoms with van der Waals surface area (Å²) >= 11 is 19.4. The van der Waals surface area contributed by atoms with Crippen molar-refractivity contribution in [3.8, 4) is 0 Å². The third-order valence-electron chi connectivity index (χ3n) is 8.34. The van der Waals surface area contributed by atoms with Crippen LogP contribution in [0.2, 0.25) is 15.1 Å². The molecule has 0 aliphatic heterocycles. The minimum absolute atomic E-state index is 0.0133. The predicted molar refractivity (Wildman–Crippen MR) is 188 cm³/mol. The standard InChI is InChI=1S/C36H36Cl3N3O4S/c37-27-19-21-29(22-20-27)42(47(45,46)30-15-8-3-9-16-30)25-35(43)41(24-31-32(38)17-10-18-33(31)39)34(23-26-11-4-1-5-12-26)36(44)40-28-13-6-2-7-14-28/h1,3-5,8-12,15-22,28,34H,2,6-7,13-14,23-25H2,(H,40,44)/t34-/m0/s1. The molecular formula is C36H36Cl3N3O4S. The number of carbonyl (C=O) groups excluding carboxylic acids is 2. The molecule has 47 heavy (non-hydrogen) atoms. The van der Waals surface area contributed by atoms with Gasteiger partial charge in [-0.05, 0) is 66.9 Å². The fraction of sp³-hybridized carbons (Fsp3) is 0.278.